The van der Waals surface area contributed by atoms with Gasteiger partial charge in [0.2, 0.25) is 0 Å². The average molecular weight is 403 g/mol. The maximum absolute atomic E-state index is 13.6. The first-order chi connectivity index (χ1) is 13.0. The highest BCUT2D eigenvalue weighted by molar-refractivity contribution is 6.35. The fourth-order valence-electron chi connectivity index (χ4n) is 2.81. The molecule has 0 bridgehead atoms. The molecule has 0 aliphatic carbocycles. The van der Waals surface area contributed by atoms with Gasteiger partial charge in [0.25, 0.3) is 5.91 Å². The summed E-state index contributed by atoms with van der Waals surface area (Å²) >= 11 is 12.3. The third-order valence-corrected chi connectivity index (χ3v) is 4.91. The number of halogens is 3. The number of carbonyl (C=O) groups excluding carboxylic acids is 1. The van der Waals surface area contributed by atoms with Crippen molar-refractivity contribution in [2.45, 2.75) is 19.5 Å². The number of hydrogen-bond donors (Lipinski definition) is 0. The molecule has 3 rings (SSSR count). The van der Waals surface area contributed by atoms with Crippen molar-refractivity contribution in [3.05, 3.63) is 99.5 Å². The zero-order chi connectivity index (χ0) is 19.4. The van der Waals surface area contributed by atoms with Gasteiger partial charge in [-0.15, -0.1) is 0 Å². The Bertz CT molecular complexity index is 950. The lowest BCUT2D eigenvalue weighted by Gasteiger charge is -2.30. The van der Waals surface area contributed by atoms with Crippen LogP contribution in [0.1, 0.15) is 34.5 Å². The molecular formula is C21H17Cl2FN2O. The van der Waals surface area contributed by atoms with Gasteiger partial charge in [0.05, 0.1) is 6.04 Å². The SMILES string of the molecule is C[C@@H](c1cccnc1)N(Cc1ccc(Cl)cc1Cl)C(=O)c1cccc(F)c1. The monoisotopic (exact) mass is 402 g/mol. The molecule has 27 heavy (non-hydrogen) atoms. The van der Waals surface area contributed by atoms with Gasteiger partial charge in [0, 0.05) is 34.5 Å². The molecule has 1 amide bonds. The van der Waals surface area contributed by atoms with Crippen molar-refractivity contribution >= 4 is 29.1 Å². The van der Waals surface area contributed by atoms with E-state index in [4.69, 9.17) is 23.2 Å². The maximum atomic E-state index is 13.6. The Kier molecular flexibility index (Phi) is 6.09. The van der Waals surface area contributed by atoms with E-state index in [0.29, 0.717) is 10.0 Å². The smallest absolute Gasteiger partial charge is 0.254 e. The molecule has 0 spiro atoms. The van der Waals surface area contributed by atoms with Gasteiger partial charge in [0.1, 0.15) is 5.82 Å². The van der Waals surface area contributed by atoms with E-state index in [0.717, 1.165) is 11.1 Å². The highest BCUT2D eigenvalue weighted by Crippen LogP contribution is 2.28. The minimum Gasteiger partial charge on any atom is -0.327 e. The van der Waals surface area contributed by atoms with Crippen LogP contribution >= 0.6 is 23.2 Å². The zero-order valence-electron chi connectivity index (χ0n) is 14.6. The highest BCUT2D eigenvalue weighted by Gasteiger charge is 2.24. The first-order valence-corrected chi connectivity index (χ1v) is 9.11. The summed E-state index contributed by atoms with van der Waals surface area (Å²) in [5, 5.41) is 0.991. The predicted molar refractivity (Wildman–Crippen MR) is 105 cm³/mol. The third kappa shape index (κ3) is 4.65. The number of pyridine rings is 1. The first-order valence-electron chi connectivity index (χ1n) is 8.36. The van der Waals surface area contributed by atoms with E-state index in [9.17, 15) is 9.18 Å². The molecule has 1 heterocycles. The number of nitrogens with zero attached hydrogens (tertiary/aromatic N) is 2. The van der Waals surface area contributed by atoms with Crippen molar-refractivity contribution in [1.29, 1.82) is 0 Å². The van der Waals surface area contributed by atoms with Crippen LogP contribution in [0.2, 0.25) is 10.0 Å². The van der Waals surface area contributed by atoms with Crippen LogP contribution in [0.4, 0.5) is 4.39 Å². The van der Waals surface area contributed by atoms with Gasteiger partial charge in [0.15, 0.2) is 0 Å². The molecule has 0 aliphatic rings. The average Bonchev–Trinajstić information content (AvgIpc) is 2.67. The number of benzene rings is 2. The van der Waals surface area contributed by atoms with Gasteiger partial charge < -0.3 is 4.90 Å². The van der Waals surface area contributed by atoms with Crippen molar-refractivity contribution in [1.82, 2.24) is 9.88 Å². The minimum atomic E-state index is -0.459. The molecule has 1 aromatic heterocycles. The largest absolute Gasteiger partial charge is 0.327 e. The lowest BCUT2D eigenvalue weighted by molar-refractivity contribution is 0.0673. The molecule has 0 saturated carbocycles. The summed E-state index contributed by atoms with van der Waals surface area (Å²) in [6.07, 6.45) is 3.38. The number of carbonyl (C=O) groups is 1. The Labute approximate surface area is 167 Å². The molecule has 0 aliphatic heterocycles. The predicted octanol–water partition coefficient (Wildman–Crippen LogP) is 5.93. The first kappa shape index (κ1) is 19.3. The highest BCUT2D eigenvalue weighted by atomic mass is 35.5. The summed E-state index contributed by atoms with van der Waals surface area (Å²) in [6.45, 7) is 2.15. The summed E-state index contributed by atoms with van der Waals surface area (Å²) in [5.41, 5.74) is 1.89. The second-order valence-electron chi connectivity index (χ2n) is 6.14. The van der Waals surface area contributed by atoms with E-state index in [1.807, 2.05) is 19.1 Å². The van der Waals surface area contributed by atoms with Crippen LogP contribution in [0.25, 0.3) is 0 Å². The molecule has 1 atom stereocenters. The van der Waals surface area contributed by atoms with Crippen molar-refractivity contribution in [3.8, 4) is 0 Å². The lowest BCUT2D eigenvalue weighted by atomic mass is 10.1. The quantitative estimate of drug-likeness (QED) is 0.529. The van der Waals surface area contributed by atoms with Crippen LogP contribution in [0.15, 0.2) is 67.0 Å². The number of aromatic nitrogens is 1. The topological polar surface area (TPSA) is 33.2 Å². The van der Waals surface area contributed by atoms with Crippen LogP contribution in [0.3, 0.4) is 0 Å². The van der Waals surface area contributed by atoms with E-state index >= 15 is 0 Å². The second-order valence-corrected chi connectivity index (χ2v) is 6.99. The molecule has 0 N–H and O–H groups in total. The molecule has 3 nitrogen and oxygen atoms in total. The van der Waals surface area contributed by atoms with E-state index in [2.05, 4.69) is 4.98 Å². The Morgan fingerprint density at radius 2 is 1.96 bits per heavy atom. The fourth-order valence-corrected chi connectivity index (χ4v) is 3.28. The van der Waals surface area contributed by atoms with Crippen molar-refractivity contribution in [2.75, 3.05) is 0 Å². The van der Waals surface area contributed by atoms with Crippen molar-refractivity contribution in [3.63, 3.8) is 0 Å². The van der Waals surface area contributed by atoms with Crippen molar-refractivity contribution in [2.24, 2.45) is 0 Å². The maximum Gasteiger partial charge on any atom is 0.254 e. The van der Waals surface area contributed by atoms with Crippen molar-refractivity contribution < 1.29 is 9.18 Å². The Morgan fingerprint density at radius 1 is 1.15 bits per heavy atom. The molecule has 138 valence electrons. The normalized spacial score (nSPS) is 11.9. The van der Waals surface area contributed by atoms with E-state index in [1.165, 1.54) is 18.2 Å². The Balaban J connectivity index is 1.99. The van der Waals surface area contributed by atoms with Gasteiger partial charge in [-0.1, -0.05) is 41.4 Å². The molecule has 0 radical (unpaired) electrons. The van der Waals surface area contributed by atoms with E-state index in [-0.39, 0.29) is 24.1 Å². The van der Waals surface area contributed by atoms with Crippen LogP contribution in [0.5, 0.6) is 0 Å². The Morgan fingerprint density at radius 3 is 2.63 bits per heavy atom. The van der Waals surface area contributed by atoms with Crippen LogP contribution in [-0.4, -0.2) is 15.8 Å². The molecule has 0 saturated heterocycles. The molecule has 0 fully saturated rings. The number of amides is 1. The van der Waals surface area contributed by atoms with Gasteiger partial charge in [-0.3, -0.25) is 9.78 Å². The molecule has 6 heteroatoms. The summed E-state index contributed by atoms with van der Waals surface area (Å²) in [4.78, 5) is 18.9. The molecule has 2 aromatic carbocycles. The number of hydrogen-bond acceptors (Lipinski definition) is 2. The summed E-state index contributed by atoms with van der Waals surface area (Å²) < 4.78 is 13.6. The molecular weight excluding hydrogens is 386 g/mol. The summed E-state index contributed by atoms with van der Waals surface area (Å²) in [7, 11) is 0. The fraction of sp³-hybridized carbons (Fsp3) is 0.143. The van der Waals surface area contributed by atoms with Crippen LogP contribution < -0.4 is 0 Å². The van der Waals surface area contributed by atoms with Crippen LogP contribution in [-0.2, 0) is 6.54 Å². The van der Waals surface area contributed by atoms with Crippen LogP contribution in [0, 0.1) is 5.82 Å². The van der Waals surface area contributed by atoms with Gasteiger partial charge in [-0.2, -0.15) is 0 Å². The Hall–Kier alpha value is -2.43. The lowest BCUT2D eigenvalue weighted by Crippen LogP contribution is -2.33. The summed E-state index contributed by atoms with van der Waals surface area (Å²) in [5.74, 6) is -0.753. The molecule has 0 unspecified atom stereocenters. The molecule has 3 aromatic rings. The van der Waals surface area contributed by atoms with Gasteiger partial charge >= 0.3 is 0 Å². The van der Waals surface area contributed by atoms with Gasteiger partial charge in [-0.25, -0.2) is 4.39 Å². The van der Waals surface area contributed by atoms with E-state index in [1.54, 1.807) is 41.6 Å². The number of rotatable bonds is 5. The third-order valence-electron chi connectivity index (χ3n) is 4.32. The summed E-state index contributed by atoms with van der Waals surface area (Å²) in [6, 6.07) is 14.2. The minimum absolute atomic E-state index is 0.251. The van der Waals surface area contributed by atoms with E-state index < -0.39 is 5.82 Å². The standard InChI is InChI=1S/C21H17Cl2FN2O/c1-14(16-5-3-9-25-12-16)26(13-17-7-8-18(22)11-20(17)23)21(27)15-4-2-6-19(24)10-15/h2-12,14H,13H2,1H3/t14-/m0/s1. The zero-order valence-corrected chi connectivity index (χ0v) is 16.1. The second kappa shape index (κ2) is 8.51. The van der Waals surface area contributed by atoms with Gasteiger partial charge in [-0.05, 0) is 54.4 Å².